The first-order chi connectivity index (χ1) is 11.5. The number of rotatable bonds is 3. The maximum Gasteiger partial charge on any atom is 0.417 e. The van der Waals surface area contributed by atoms with Gasteiger partial charge in [0.15, 0.2) is 0 Å². The van der Waals surface area contributed by atoms with Gasteiger partial charge in [-0.1, -0.05) is 11.3 Å². The lowest BCUT2D eigenvalue weighted by atomic mass is 10.2. The van der Waals surface area contributed by atoms with Gasteiger partial charge in [0.25, 0.3) is 0 Å². The molecule has 0 unspecified atom stereocenters. The van der Waals surface area contributed by atoms with E-state index in [1.807, 2.05) is 4.90 Å². The second-order valence-corrected chi connectivity index (χ2v) is 7.06. The van der Waals surface area contributed by atoms with Gasteiger partial charge in [0.05, 0.1) is 5.56 Å². The molecule has 3 heterocycles. The van der Waals surface area contributed by atoms with Gasteiger partial charge in [-0.15, -0.1) is 10.2 Å². The topological polar surface area (TPSA) is 45.2 Å². The van der Waals surface area contributed by atoms with Crippen molar-refractivity contribution in [3.05, 3.63) is 28.9 Å². The van der Waals surface area contributed by atoms with Crippen molar-refractivity contribution in [3.63, 3.8) is 0 Å². The molecular formula is C15H16F3N5S. The van der Waals surface area contributed by atoms with Crippen LogP contribution in [-0.4, -0.2) is 41.4 Å². The first kappa shape index (κ1) is 15.6. The van der Waals surface area contributed by atoms with Crippen molar-refractivity contribution < 1.29 is 13.2 Å². The number of hydrogen-bond acceptors (Lipinski definition) is 6. The number of anilines is 2. The molecule has 0 atom stereocenters. The molecule has 2 aromatic heterocycles. The molecule has 0 N–H and O–H groups in total. The number of pyridine rings is 1. The first-order valence-corrected chi connectivity index (χ1v) is 8.69. The van der Waals surface area contributed by atoms with Gasteiger partial charge in [0, 0.05) is 38.3 Å². The molecule has 0 bridgehead atoms. The van der Waals surface area contributed by atoms with Gasteiger partial charge >= 0.3 is 6.18 Å². The van der Waals surface area contributed by atoms with E-state index in [0.717, 1.165) is 35.5 Å². The summed E-state index contributed by atoms with van der Waals surface area (Å²) >= 11 is 1.66. The summed E-state index contributed by atoms with van der Waals surface area (Å²) in [6.07, 6.45) is -1.03. The summed E-state index contributed by atoms with van der Waals surface area (Å²) in [5, 5.41) is 10.6. The molecule has 0 aromatic carbocycles. The fraction of sp³-hybridized carbons (Fsp3) is 0.533. The van der Waals surface area contributed by atoms with Gasteiger partial charge in [-0.25, -0.2) is 4.98 Å². The highest BCUT2D eigenvalue weighted by atomic mass is 32.1. The van der Waals surface area contributed by atoms with Crippen LogP contribution in [0.15, 0.2) is 18.3 Å². The number of halogens is 3. The van der Waals surface area contributed by atoms with E-state index in [-0.39, 0.29) is 0 Å². The van der Waals surface area contributed by atoms with E-state index in [4.69, 9.17) is 0 Å². The number of hydrogen-bond donors (Lipinski definition) is 0. The molecule has 0 amide bonds. The molecule has 24 heavy (non-hydrogen) atoms. The van der Waals surface area contributed by atoms with Crippen molar-refractivity contribution in [2.24, 2.45) is 0 Å². The Bertz CT molecular complexity index is 703. The van der Waals surface area contributed by atoms with Crippen LogP contribution in [0, 0.1) is 0 Å². The van der Waals surface area contributed by atoms with Crippen LogP contribution in [0.25, 0.3) is 0 Å². The maximum atomic E-state index is 12.6. The van der Waals surface area contributed by atoms with Gasteiger partial charge in [0.1, 0.15) is 10.8 Å². The molecule has 2 fully saturated rings. The Morgan fingerprint density at radius 3 is 2.29 bits per heavy atom. The zero-order valence-electron chi connectivity index (χ0n) is 12.8. The average Bonchev–Trinajstić information content (AvgIpc) is 3.32. The second-order valence-electron chi connectivity index (χ2n) is 6.07. The highest BCUT2D eigenvalue weighted by Crippen LogP contribution is 2.42. The zero-order valence-corrected chi connectivity index (χ0v) is 13.6. The van der Waals surface area contributed by atoms with E-state index in [9.17, 15) is 13.2 Å². The van der Waals surface area contributed by atoms with Crippen LogP contribution in [0.3, 0.4) is 0 Å². The third-order valence-electron chi connectivity index (χ3n) is 4.31. The fourth-order valence-corrected chi connectivity index (χ4v) is 3.78. The third kappa shape index (κ3) is 3.17. The molecule has 128 valence electrons. The minimum atomic E-state index is -4.35. The zero-order chi connectivity index (χ0) is 16.7. The molecule has 9 heteroatoms. The van der Waals surface area contributed by atoms with E-state index in [0.29, 0.717) is 24.8 Å². The molecule has 4 rings (SSSR count). The molecular weight excluding hydrogens is 339 g/mol. The summed E-state index contributed by atoms with van der Waals surface area (Å²) in [6.45, 7) is 2.94. The minimum absolute atomic E-state index is 0.582. The molecule has 1 aliphatic carbocycles. The van der Waals surface area contributed by atoms with Crippen molar-refractivity contribution in [1.29, 1.82) is 0 Å². The second kappa shape index (κ2) is 5.87. The van der Waals surface area contributed by atoms with Gasteiger partial charge in [-0.3, -0.25) is 0 Å². The van der Waals surface area contributed by atoms with E-state index in [2.05, 4.69) is 20.1 Å². The molecule has 0 spiro atoms. The largest absolute Gasteiger partial charge is 0.417 e. The Morgan fingerprint density at radius 1 is 1.00 bits per heavy atom. The van der Waals surface area contributed by atoms with Crippen LogP contribution in [0.1, 0.15) is 29.3 Å². The quantitative estimate of drug-likeness (QED) is 0.846. The smallest absolute Gasteiger partial charge is 0.353 e. The molecule has 5 nitrogen and oxygen atoms in total. The van der Waals surface area contributed by atoms with Crippen molar-refractivity contribution in [2.75, 3.05) is 36.0 Å². The molecule has 2 aromatic rings. The van der Waals surface area contributed by atoms with E-state index < -0.39 is 11.7 Å². The number of aromatic nitrogens is 3. The Morgan fingerprint density at radius 2 is 1.71 bits per heavy atom. The van der Waals surface area contributed by atoms with Crippen molar-refractivity contribution in [1.82, 2.24) is 15.2 Å². The lowest BCUT2D eigenvalue weighted by Crippen LogP contribution is -2.46. The lowest BCUT2D eigenvalue weighted by Gasteiger charge is -2.35. The first-order valence-electron chi connectivity index (χ1n) is 7.87. The van der Waals surface area contributed by atoms with Gasteiger partial charge < -0.3 is 9.80 Å². The highest BCUT2D eigenvalue weighted by molar-refractivity contribution is 7.15. The van der Waals surface area contributed by atoms with E-state index >= 15 is 0 Å². The van der Waals surface area contributed by atoms with Crippen molar-refractivity contribution in [3.8, 4) is 0 Å². The summed E-state index contributed by atoms with van der Waals surface area (Å²) in [5.74, 6) is 1.19. The monoisotopic (exact) mass is 355 g/mol. The molecule has 1 saturated heterocycles. The maximum absolute atomic E-state index is 12.6. The SMILES string of the molecule is FC(F)(F)c1ccc(N2CCN(c3nnc(C4CC4)s3)CC2)nc1. The van der Waals surface area contributed by atoms with Gasteiger partial charge in [0.2, 0.25) is 5.13 Å². The third-order valence-corrected chi connectivity index (χ3v) is 5.45. The van der Waals surface area contributed by atoms with Crippen molar-refractivity contribution in [2.45, 2.75) is 24.9 Å². The Labute approximate surface area is 141 Å². The van der Waals surface area contributed by atoms with E-state index in [1.165, 1.54) is 18.9 Å². The molecule has 0 radical (unpaired) electrons. The number of piperazine rings is 1. The predicted octanol–water partition coefficient (Wildman–Crippen LogP) is 3.16. The minimum Gasteiger partial charge on any atom is -0.353 e. The lowest BCUT2D eigenvalue weighted by molar-refractivity contribution is -0.137. The summed E-state index contributed by atoms with van der Waals surface area (Å²) in [6, 6.07) is 2.52. The normalized spacial score (nSPS) is 19.0. The summed E-state index contributed by atoms with van der Waals surface area (Å²) < 4.78 is 37.8. The highest BCUT2D eigenvalue weighted by Gasteiger charge is 2.31. The molecule has 2 aliphatic rings. The number of alkyl halides is 3. The van der Waals surface area contributed by atoms with Gasteiger partial charge in [-0.2, -0.15) is 13.2 Å². The van der Waals surface area contributed by atoms with Crippen LogP contribution in [0.5, 0.6) is 0 Å². The molecule has 1 saturated carbocycles. The summed E-state index contributed by atoms with van der Waals surface area (Å²) in [4.78, 5) is 8.15. The van der Waals surface area contributed by atoms with Crippen molar-refractivity contribution >= 4 is 22.3 Å². The molecule has 1 aliphatic heterocycles. The fourth-order valence-electron chi connectivity index (χ4n) is 2.72. The summed E-state index contributed by atoms with van der Waals surface area (Å²) in [5.41, 5.74) is -0.716. The van der Waals surface area contributed by atoms with Crippen LogP contribution < -0.4 is 9.80 Å². The van der Waals surface area contributed by atoms with Crippen LogP contribution >= 0.6 is 11.3 Å². The summed E-state index contributed by atoms with van der Waals surface area (Å²) in [7, 11) is 0. The number of nitrogens with zero attached hydrogens (tertiary/aromatic N) is 5. The van der Waals surface area contributed by atoms with Gasteiger partial charge in [-0.05, 0) is 25.0 Å². The standard InChI is InChI=1S/C15H16F3N5S/c16-15(17,18)11-3-4-12(19-9-11)22-5-7-23(8-6-22)14-21-20-13(24-14)10-1-2-10/h3-4,9-10H,1-2,5-8H2. The van der Waals surface area contributed by atoms with Crippen LogP contribution in [-0.2, 0) is 6.18 Å². The van der Waals surface area contributed by atoms with E-state index in [1.54, 1.807) is 11.3 Å². The Balaban J connectivity index is 1.38. The predicted molar refractivity (Wildman–Crippen MR) is 85.5 cm³/mol. The van der Waals surface area contributed by atoms with Crippen LogP contribution in [0.2, 0.25) is 0 Å². The Kier molecular flexibility index (Phi) is 3.82. The Hall–Kier alpha value is -1.90. The average molecular weight is 355 g/mol. The van der Waals surface area contributed by atoms with Crippen LogP contribution in [0.4, 0.5) is 24.1 Å².